The molecule has 1 heterocycles. The van der Waals surface area contributed by atoms with Crippen LogP contribution in [0.1, 0.15) is 46.1 Å². The largest absolute Gasteiger partial charge is 0.330 e. The van der Waals surface area contributed by atoms with Crippen LogP contribution in [0.3, 0.4) is 0 Å². The van der Waals surface area contributed by atoms with Gasteiger partial charge in [0.15, 0.2) is 16.4 Å². The van der Waals surface area contributed by atoms with Crippen molar-refractivity contribution in [1.29, 1.82) is 0 Å². The minimum atomic E-state index is -0.838. The molecule has 2 nitrogen and oxygen atoms in total. The van der Waals surface area contributed by atoms with Crippen LogP contribution in [0.25, 0.3) is 11.0 Å². The normalized spacial score (nSPS) is 13.3. The summed E-state index contributed by atoms with van der Waals surface area (Å²) in [6.07, 6.45) is 3.07. The highest BCUT2D eigenvalue weighted by atomic mass is 32.1. The van der Waals surface area contributed by atoms with E-state index >= 15 is 0 Å². The van der Waals surface area contributed by atoms with Crippen LogP contribution in [0.2, 0.25) is 0 Å². The fourth-order valence-corrected chi connectivity index (χ4v) is 2.91. The fraction of sp³-hybridized carbons (Fsp3) is 0.533. The van der Waals surface area contributed by atoms with E-state index in [0.717, 1.165) is 25.3 Å². The summed E-state index contributed by atoms with van der Waals surface area (Å²) in [5, 5.41) is 0. The number of rotatable bonds is 5. The van der Waals surface area contributed by atoms with Gasteiger partial charge in [-0.05, 0) is 43.6 Å². The third-order valence-electron chi connectivity index (χ3n) is 3.61. The number of aromatic nitrogens is 2. The highest BCUT2D eigenvalue weighted by Gasteiger charge is 2.17. The van der Waals surface area contributed by atoms with E-state index in [1.165, 1.54) is 6.07 Å². The summed E-state index contributed by atoms with van der Waals surface area (Å²) in [5.41, 5.74) is 0.789. The standard InChI is InChI=1S/C15H20F2N2S/c1-9(2)5-4-6-10(3)19-14-12(18-15(19)20)8-7-11(16)13(14)17/h7-10H,4-6H2,1-3H3,(H,18,20). The van der Waals surface area contributed by atoms with Crippen molar-refractivity contribution in [2.24, 2.45) is 5.92 Å². The predicted octanol–water partition coefficient (Wildman–Crippen LogP) is 5.36. The lowest BCUT2D eigenvalue weighted by molar-refractivity contribution is 0.444. The number of fused-ring (bicyclic) bond motifs is 1. The average molecular weight is 298 g/mol. The predicted molar refractivity (Wildman–Crippen MR) is 80.4 cm³/mol. The van der Waals surface area contributed by atoms with Gasteiger partial charge in [-0.1, -0.05) is 26.7 Å². The summed E-state index contributed by atoms with van der Waals surface area (Å²) in [6, 6.07) is 2.70. The van der Waals surface area contributed by atoms with E-state index in [-0.39, 0.29) is 11.6 Å². The number of imidazole rings is 1. The molecule has 110 valence electrons. The Bertz CT molecular complexity index is 658. The quantitative estimate of drug-likeness (QED) is 0.736. The van der Waals surface area contributed by atoms with Crippen LogP contribution in [0.5, 0.6) is 0 Å². The molecular weight excluding hydrogens is 278 g/mol. The Hall–Kier alpha value is -1.23. The highest BCUT2D eigenvalue weighted by Crippen LogP contribution is 2.26. The summed E-state index contributed by atoms with van der Waals surface area (Å²) in [7, 11) is 0. The van der Waals surface area contributed by atoms with Crippen molar-refractivity contribution in [3.05, 3.63) is 28.5 Å². The van der Waals surface area contributed by atoms with E-state index in [9.17, 15) is 8.78 Å². The topological polar surface area (TPSA) is 20.7 Å². The molecule has 2 aromatic rings. The zero-order chi connectivity index (χ0) is 14.9. The van der Waals surface area contributed by atoms with Crippen LogP contribution in [-0.2, 0) is 0 Å². The Morgan fingerprint density at radius 2 is 1.90 bits per heavy atom. The van der Waals surface area contributed by atoms with Gasteiger partial charge in [-0.15, -0.1) is 0 Å². The highest BCUT2D eigenvalue weighted by molar-refractivity contribution is 7.71. The van der Waals surface area contributed by atoms with Crippen molar-refractivity contribution < 1.29 is 8.78 Å². The molecule has 1 N–H and O–H groups in total. The number of nitrogens with one attached hydrogen (secondary N) is 1. The molecule has 0 aliphatic heterocycles. The van der Waals surface area contributed by atoms with Gasteiger partial charge < -0.3 is 9.55 Å². The summed E-state index contributed by atoms with van der Waals surface area (Å²) < 4.78 is 29.6. The van der Waals surface area contributed by atoms with Crippen LogP contribution in [0, 0.1) is 22.3 Å². The number of benzene rings is 1. The van der Waals surface area contributed by atoms with Crippen LogP contribution in [0.4, 0.5) is 8.78 Å². The van der Waals surface area contributed by atoms with Gasteiger partial charge >= 0.3 is 0 Å². The molecule has 0 aliphatic carbocycles. The van der Waals surface area contributed by atoms with Crippen molar-refractivity contribution in [3.63, 3.8) is 0 Å². The molecule has 5 heteroatoms. The van der Waals surface area contributed by atoms with E-state index in [2.05, 4.69) is 18.8 Å². The van der Waals surface area contributed by atoms with Gasteiger partial charge in [0.2, 0.25) is 0 Å². The Kier molecular flexibility index (Phi) is 4.58. The molecule has 0 fully saturated rings. The van der Waals surface area contributed by atoms with Crippen LogP contribution in [0.15, 0.2) is 12.1 Å². The molecule has 1 atom stereocenters. The zero-order valence-corrected chi connectivity index (χ0v) is 12.9. The first-order valence-electron chi connectivity index (χ1n) is 7.00. The molecule has 0 aliphatic rings. The number of hydrogen-bond acceptors (Lipinski definition) is 1. The van der Waals surface area contributed by atoms with Gasteiger partial charge in [-0.25, -0.2) is 8.78 Å². The molecule has 20 heavy (non-hydrogen) atoms. The number of halogens is 2. The molecule has 1 aromatic heterocycles. The van der Waals surface area contributed by atoms with E-state index < -0.39 is 11.6 Å². The molecule has 0 amide bonds. The lowest BCUT2D eigenvalue weighted by Crippen LogP contribution is -2.07. The maximum Gasteiger partial charge on any atom is 0.184 e. The smallest absolute Gasteiger partial charge is 0.184 e. The van der Waals surface area contributed by atoms with Crippen molar-refractivity contribution in [1.82, 2.24) is 9.55 Å². The van der Waals surface area contributed by atoms with E-state index in [0.29, 0.717) is 16.2 Å². The Labute approximate surface area is 122 Å². The van der Waals surface area contributed by atoms with Gasteiger partial charge in [0.25, 0.3) is 0 Å². The Morgan fingerprint density at radius 1 is 1.20 bits per heavy atom. The van der Waals surface area contributed by atoms with Crippen molar-refractivity contribution >= 4 is 23.3 Å². The number of H-pyrrole nitrogens is 1. The van der Waals surface area contributed by atoms with Gasteiger partial charge in [-0.3, -0.25) is 0 Å². The molecule has 0 spiro atoms. The van der Waals surface area contributed by atoms with Gasteiger partial charge in [0.05, 0.1) is 5.52 Å². The summed E-state index contributed by atoms with van der Waals surface area (Å²) in [5.74, 6) is -1.02. The molecule has 0 bridgehead atoms. The third kappa shape index (κ3) is 2.92. The molecular formula is C15H20F2N2S. The third-order valence-corrected chi connectivity index (χ3v) is 3.91. The van der Waals surface area contributed by atoms with Crippen molar-refractivity contribution in [3.8, 4) is 0 Å². The maximum atomic E-state index is 14.0. The first-order chi connectivity index (χ1) is 9.41. The lowest BCUT2D eigenvalue weighted by atomic mass is 10.0. The molecule has 1 unspecified atom stereocenters. The first-order valence-corrected chi connectivity index (χ1v) is 7.40. The fourth-order valence-electron chi connectivity index (χ4n) is 2.52. The average Bonchev–Trinajstić information content (AvgIpc) is 2.70. The Balaban J connectivity index is 2.36. The summed E-state index contributed by atoms with van der Waals surface area (Å²) in [6.45, 7) is 6.35. The maximum absolute atomic E-state index is 14.0. The van der Waals surface area contributed by atoms with Crippen LogP contribution in [-0.4, -0.2) is 9.55 Å². The van der Waals surface area contributed by atoms with Crippen LogP contribution < -0.4 is 0 Å². The second-order valence-corrected chi connectivity index (χ2v) is 6.12. The van der Waals surface area contributed by atoms with Crippen molar-refractivity contribution in [2.45, 2.75) is 46.1 Å². The monoisotopic (exact) mass is 298 g/mol. The molecule has 0 saturated carbocycles. The molecule has 2 rings (SSSR count). The number of nitrogens with zero attached hydrogens (tertiary/aromatic N) is 1. The van der Waals surface area contributed by atoms with Crippen LogP contribution >= 0.6 is 12.2 Å². The SMILES string of the molecule is CC(C)CCCC(C)n1c(=S)[nH]c2ccc(F)c(F)c21. The van der Waals surface area contributed by atoms with E-state index in [1.807, 2.05) is 6.92 Å². The Morgan fingerprint density at radius 3 is 2.55 bits per heavy atom. The second kappa shape index (κ2) is 6.04. The summed E-state index contributed by atoms with van der Waals surface area (Å²) in [4.78, 5) is 2.95. The van der Waals surface area contributed by atoms with Gasteiger partial charge in [-0.2, -0.15) is 0 Å². The molecule has 0 saturated heterocycles. The number of hydrogen-bond donors (Lipinski definition) is 1. The molecule has 1 aromatic carbocycles. The molecule has 0 radical (unpaired) electrons. The second-order valence-electron chi connectivity index (χ2n) is 5.73. The van der Waals surface area contributed by atoms with Gasteiger partial charge in [0, 0.05) is 6.04 Å². The number of aromatic amines is 1. The minimum Gasteiger partial charge on any atom is -0.330 e. The van der Waals surface area contributed by atoms with E-state index in [4.69, 9.17) is 12.2 Å². The first kappa shape index (κ1) is 15.2. The zero-order valence-electron chi connectivity index (χ0n) is 12.0. The lowest BCUT2D eigenvalue weighted by Gasteiger charge is -2.15. The van der Waals surface area contributed by atoms with Gasteiger partial charge in [0.1, 0.15) is 5.52 Å². The summed E-state index contributed by atoms with van der Waals surface area (Å²) >= 11 is 5.25. The minimum absolute atomic E-state index is 0.0475. The van der Waals surface area contributed by atoms with E-state index in [1.54, 1.807) is 4.57 Å². The van der Waals surface area contributed by atoms with Crippen molar-refractivity contribution in [2.75, 3.05) is 0 Å².